The number of pyridine rings is 1. The van der Waals surface area contributed by atoms with Crippen LogP contribution in [0.15, 0.2) is 18.3 Å². The summed E-state index contributed by atoms with van der Waals surface area (Å²) in [5.41, 5.74) is 1.27. The predicted molar refractivity (Wildman–Crippen MR) is 82.9 cm³/mol. The van der Waals surface area contributed by atoms with Crippen LogP contribution in [0.4, 0.5) is 5.82 Å². The van der Waals surface area contributed by atoms with E-state index < -0.39 is 0 Å². The normalized spacial score (nSPS) is 19.6. The third-order valence-electron chi connectivity index (χ3n) is 3.92. The highest BCUT2D eigenvalue weighted by molar-refractivity contribution is 5.47. The molecule has 0 aliphatic carbocycles. The zero-order valence-corrected chi connectivity index (χ0v) is 12.7. The maximum Gasteiger partial charge on any atom is 0.133 e. The second-order valence-electron chi connectivity index (χ2n) is 5.99. The third kappa shape index (κ3) is 4.18. The van der Waals surface area contributed by atoms with Gasteiger partial charge in [0.1, 0.15) is 5.82 Å². The van der Waals surface area contributed by atoms with Crippen LogP contribution in [0.2, 0.25) is 0 Å². The Labute approximate surface area is 122 Å². The number of hydrogen-bond donors (Lipinski definition) is 2. The lowest BCUT2D eigenvalue weighted by molar-refractivity contribution is 0.244. The second kappa shape index (κ2) is 7.60. The van der Waals surface area contributed by atoms with Crippen molar-refractivity contribution in [1.82, 2.24) is 10.3 Å². The van der Waals surface area contributed by atoms with E-state index in [1.54, 1.807) is 0 Å². The quantitative estimate of drug-likeness (QED) is 0.837. The lowest BCUT2D eigenvalue weighted by Gasteiger charge is -2.34. The minimum atomic E-state index is 0.294. The smallest absolute Gasteiger partial charge is 0.133 e. The fourth-order valence-electron chi connectivity index (χ4n) is 2.84. The molecule has 0 amide bonds. The topological polar surface area (TPSA) is 48.4 Å². The highest BCUT2D eigenvalue weighted by Gasteiger charge is 2.22. The summed E-state index contributed by atoms with van der Waals surface area (Å²) in [6, 6.07) is 4.65. The number of aliphatic hydroxyl groups excluding tert-OH is 1. The van der Waals surface area contributed by atoms with Gasteiger partial charge < -0.3 is 15.3 Å². The molecule has 1 fully saturated rings. The highest BCUT2D eigenvalue weighted by Crippen LogP contribution is 2.25. The molecule has 1 aromatic heterocycles. The summed E-state index contributed by atoms with van der Waals surface area (Å²) < 4.78 is 0. The van der Waals surface area contributed by atoms with Gasteiger partial charge in [-0.2, -0.15) is 0 Å². The number of aliphatic hydroxyl groups is 1. The first kappa shape index (κ1) is 15.3. The van der Waals surface area contributed by atoms with Crippen LogP contribution < -0.4 is 10.2 Å². The van der Waals surface area contributed by atoms with Crippen LogP contribution in [0.1, 0.15) is 38.7 Å². The molecule has 20 heavy (non-hydrogen) atoms. The van der Waals surface area contributed by atoms with Gasteiger partial charge in [-0.1, -0.05) is 19.9 Å². The summed E-state index contributed by atoms with van der Waals surface area (Å²) in [4.78, 5) is 6.99. The summed E-state index contributed by atoms with van der Waals surface area (Å²) in [5.74, 6) is 1.71. The summed E-state index contributed by atoms with van der Waals surface area (Å²) in [5, 5.41) is 12.6. The molecular weight excluding hydrogens is 250 g/mol. The van der Waals surface area contributed by atoms with E-state index in [0.717, 1.165) is 31.9 Å². The van der Waals surface area contributed by atoms with Gasteiger partial charge >= 0.3 is 0 Å². The van der Waals surface area contributed by atoms with Crippen molar-refractivity contribution in [2.24, 2.45) is 5.92 Å². The molecule has 0 saturated carbocycles. The number of hydrogen-bond acceptors (Lipinski definition) is 4. The van der Waals surface area contributed by atoms with Crippen LogP contribution in [0, 0.1) is 5.92 Å². The average molecular weight is 277 g/mol. The maximum absolute atomic E-state index is 9.13. The second-order valence-corrected chi connectivity index (χ2v) is 5.99. The Hall–Kier alpha value is -1.13. The van der Waals surface area contributed by atoms with E-state index in [-0.39, 0.29) is 0 Å². The van der Waals surface area contributed by atoms with Crippen LogP contribution in [0.3, 0.4) is 0 Å². The molecule has 112 valence electrons. The molecule has 2 N–H and O–H groups in total. The van der Waals surface area contributed by atoms with Crippen LogP contribution in [0.25, 0.3) is 0 Å². The van der Waals surface area contributed by atoms with Crippen LogP contribution in [0.5, 0.6) is 0 Å². The first-order valence-corrected chi connectivity index (χ1v) is 7.73. The SMILES string of the molecule is CC(C)NCc1cccnc1N1CCCC(CCO)C1. The van der Waals surface area contributed by atoms with Crippen molar-refractivity contribution in [3.05, 3.63) is 23.9 Å². The van der Waals surface area contributed by atoms with E-state index >= 15 is 0 Å². The molecular formula is C16H27N3O. The van der Waals surface area contributed by atoms with Gasteiger partial charge in [-0.05, 0) is 31.2 Å². The minimum absolute atomic E-state index is 0.294. The molecule has 0 bridgehead atoms. The highest BCUT2D eigenvalue weighted by atomic mass is 16.3. The Morgan fingerprint density at radius 3 is 3.10 bits per heavy atom. The van der Waals surface area contributed by atoms with E-state index in [2.05, 4.69) is 35.1 Å². The van der Waals surface area contributed by atoms with Gasteiger partial charge in [0, 0.05) is 44.0 Å². The molecule has 1 aliphatic heterocycles. The van der Waals surface area contributed by atoms with Crippen molar-refractivity contribution in [3.63, 3.8) is 0 Å². The average Bonchev–Trinajstić information content (AvgIpc) is 2.46. The number of nitrogens with zero attached hydrogens (tertiary/aromatic N) is 2. The van der Waals surface area contributed by atoms with E-state index in [4.69, 9.17) is 5.11 Å². The van der Waals surface area contributed by atoms with Crippen molar-refractivity contribution in [3.8, 4) is 0 Å². The van der Waals surface area contributed by atoms with Crippen molar-refractivity contribution in [2.45, 2.75) is 45.7 Å². The summed E-state index contributed by atoms with van der Waals surface area (Å²) in [7, 11) is 0. The fraction of sp³-hybridized carbons (Fsp3) is 0.688. The van der Waals surface area contributed by atoms with Crippen molar-refractivity contribution in [2.75, 3.05) is 24.6 Å². The fourth-order valence-corrected chi connectivity index (χ4v) is 2.84. The first-order valence-electron chi connectivity index (χ1n) is 7.73. The molecule has 4 heteroatoms. The van der Waals surface area contributed by atoms with Gasteiger partial charge in [0.25, 0.3) is 0 Å². The Bertz CT molecular complexity index is 406. The van der Waals surface area contributed by atoms with Gasteiger partial charge in [0.15, 0.2) is 0 Å². The molecule has 1 atom stereocenters. The van der Waals surface area contributed by atoms with E-state index in [1.807, 2.05) is 12.3 Å². The van der Waals surface area contributed by atoms with Gasteiger partial charge in [-0.25, -0.2) is 4.98 Å². The molecule has 0 aromatic carbocycles. The Morgan fingerprint density at radius 2 is 2.35 bits per heavy atom. The number of anilines is 1. The monoisotopic (exact) mass is 277 g/mol. The first-order chi connectivity index (χ1) is 9.70. The van der Waals surface area contributed by atoms with Gasteiger partial charge in [-0.15, -0.1) is 0 Å². The van der Waals surface area contributed by atoms with Crippen LogP contribution in [-0.2, 0) is 6.54 Å². The predicted octanol–water partition coefficient (Wildman–Crippen LogP) is 2.18. The molecule has 1 aliphatic rings. The van der Waals surface area contributed by atoms with E-state index in [9.17, 15) is 0 Å². The molecule has 2 rings (SSSR count). The number of aromatic nitrogens is 1. The maximum atomic E-state index is 9.13. The van der Waals surface area contributed by atoms with E-state index in [0.29, 0.717) is 18.6 Å². The minimum Gasteiger partial charge on any atom is -0.396 e. The zero-order chi connectivity index (χ0) is 14.4. The number of rotatable bonds is 6. The van der Waals surface area contributed by atoms with Crippen molar-refractivity contribution >= 4 is 5.82 Å². The molecule has 2 heterocycles. The van der Waals surface area contributed by atoms with Gasteiger partial charge in [0.05, 0.1) is 0 Å². The van der Waals surface area contributed by atoms with Crippen LogP contribution in [-0.4, -0.2) is 35.8 Å². The lowest BCUT2D eigenvalue weighted by atomic mass is 9.95. The van der Waals surface area contributed by atoms with Gasteiger partial charge in [-0.3, -0.25) is 0 Å². The lowest BCUT2D eigenvalue weighted by Crippen LogP contribution is -2.37. The Morgan fingerprint density at radius 1 is 1.50 bits per heavy atom. The molecule has 0 radical (unpaired) electrons. The Balaban J connectivity index is 2.06. The van der Waals surface area contributed by atoms with Crippen molar-refractivity contribution < 1.29 is 5.11 Å². The Kier molecular flexibility index (Phi) is 5.80. The summed E-state index contributed by atoms with van der Waals surface area (Å²) in [6.45, 7) is 7.58. The largest absolute Gasteiger partial charge is 0.396 e. The van der Waals surface area contributed by atoms with Crippen LogP contribution >= 0.6 is 0 Å². The molecule has 4 nitrogen and oxygen atoms in total. The molecule has 0 spiro atoms. The molecule has 1 aromatic rings. The van der Waals surface area contributed by atoms with Gasteiger partial charge in [0.2, 0.25) is 0 Å². The molecule has 1 saturated heterocycles. The standard InChI is InChI=1S/C16H27N3O/c1-13(2)18-11-15-6-3-8-17-16(15)19-9-4-5-14(12-19)7-10-20/h3,6,8,13-14,18,20H,4-5,7,9-12H2,1-2H3. The molecule has 1 unspecified atom stereocenters. The van der Waals surface area contributed by atoms with E-state index in [1.165, 1.54) is 18.4 Å². The van der Waals surface area contributed by atoms with Crippen molar-refractivity contribution in [1.29, 1.82) is 0 Å². The summed E-state index contributed by atoms with van der Waals surface area (Å²) in [6.07, 6.45) is 5.20. The summed E-state index contributed by atoms with van der Waals surface area (Å²) >= 11 is 0. The zero-order valence-electron chi connectivity index (χ0n) is 12.7. The number of piperidine rings is 1. The number of nitrogens with one attached hydrogen (secondary N) is 1. The third-order valence-corrected chi connectivity index (χ3v) is 3.92.